The molecule has 0 spiro atoms. The number of hydrogen-bond donors (Lipinski definition) is 1. The molecule has 11 heteroatoms. The molecule has 0 aliphatic heterocycles. The Morgan fingerprint density at radius 3 is 2.66 bits per heavy atom. The molecule has 1 saturated carbocycles. The van der Waals surface area contributed by atoms with Gasteiger partial charge in [0.05, 0.1) is 23.3 Å². The predicted molar refractivity (Wildman–Crippen MR) is 136 cm³/mol. The molecule has 2 aliphatic rings. The Kier molecular flexibility index (Phi) is 7.19. The van der Waals surface area contributed by atoms with E-state index in [1.807, 2.05) is 0 Å². The minimum Gasteiger partial charge on any atom is -0.386 e. The summed E-state index contributed by atoms with van der Waals surface area (Å²) < 4.78 is 69.5. The van der Waals surface area contributed by atoms with E-state index in [0.29, 0.717) is 18.4 Å². The Bertz CT molecular complexity index is 1430. The van der Waals surface area contributed by atoms with Crippen molar-refractivity contribution in [2.75, 3.05) is 13.1 Å². The van der Waals surface area contributed by atoms with Crippen LogP contribution in [-0.2, 0) is 22.2 Å². The van der Waals surface area contributed by atoms with E-state index in [1.165, 1.54) is 24.5 Å². The number of benzene rings is 1. The first kappa shape index (κ1) is 26.6. The lowest BCUT2D eigenvalue weighted by atomic mass is 9.70. The molecule has 0 amide bonds. The van der Waals surface area contributed by atoms with E-state index < -0.39 is 40.3 Å². The molecule has 1 unspecified atom stereocenters. The van der Waals surface area contributed by atoms with Gasteiger partial charge in [0.1, 0.15) is 11.9 Å². The number of aromatic nitrogens is 3. The van der Waals surface area contributed by atoms with Crippen LogP contribution in [0.25, 0.3) is 11.8 Å². The van der Waals surface area contributed by atoms with Crippen LogP contribution in [0.2, 0.25) is 0 Å². The highest BCUT2D eigenvalue weighted by molar-refractivity contribution is 7.88. The lowest BCUT2D eigenvalue weighted by Crippen LogP contribution is -2.45. The van der Waals surface area contributed by atoms with Crippen LogP contribution >= 0.6 is 0 Å². The number of nitrogens with zero attached hydrogens (tertiary/aromatic N) is 4. The number of fused-ring (bicyclic) bond motifs is 2. The highest BCUT2D eigenvalue weighted by Crippen LogP contribution is 2.53. The summed E-state index contributed by atoms with van der Waals surface area (Å²) in [5, 5.41) is 14.4. The first-order valence-corrected chi connectivity index (χ1v) is 14.0. The number of rotatable bonds is 9. The summed E-state index contributed by atoms with van der Waals surface area (Å²) in [6, 6.07) is 9.31. The van der Waals surface area contributed by atoms with Crippen molar-refractivity contribution in [3.05, 3.63) is 83.2 Å². The van der Waals surface area contributed by atoms with Gasteiger partial charge >= 0.3 is 0 Å². The van der Waals surface area contributed by atoms with Crippen LogP contribution in [0.5, 0.6) is 0 Å². The van der Waals surface area contributed by atoms with E-state index in [-0.39, 0.29) is 18.3 Å². The fourth-order valence-electron chi connectivity index (χ4n) is 5.64. The van der Waals surface area contributed by atoms with Crippen LogP contribution < -0.4 is 0 Å². The topological polar surface area (TPSA) is 88.3 Å². The molecule has 0 radical (unpaired) electrons. The summed E-state index contributed by atoms with van der Waals surface area (Å²) in [6.07, 6.45) is 3.65. The fraction of sp³-hybridized carbons (Fsp3) is 0.407. The molecule has 202 valence electrons. The maximum atomic E-state index is 13.4. The Labute approximate surface area is 219 Å². The highest BCUT2D eigenvalue weighted by atomic mass is 32.2. The van der Waals surface area contributed by atoms with Gasteiger partial charge in [-0.15, -0.1) is 0 Å². The number of hydrogen-bond acceptors (Lipinski definition) is 5. The minimum absolute atomic E-state index is 0.0155. The molecule has 7 nitrogen and oxygen atoms in total. The summed E-state index contributed by atoms with van der Waals surface area (Å²) in [4.78, 5) is 3.95. The molecule has 3 atom stereocenters. The van der Waals surface area contributed by atoms with Crippen LogP contribution in [0.3, 0.4) is 0 Å². The molecule has 2 aliphatic carbocycles. The van der Waals surface area contributed by atoms with Crippen molar-refractivity contribution in [3.63, 3.8) is 0 Å². The normalized spacial score (nSPS) is 21.9. The van der Waals surface area contributed by atoms with Gasteiger partial charge in [-0.05, 0) is 78.1 Å². The van der Waals surface area contributed by atoms with Crippen molar-refractivity contribution in [1.82, 2.24) is 19.1 Å². The van der Waals surface area contributed by atoms with Crippen molar-refractivity contribution < 1.29 is 26.7 Å². The van der Waals surface area contributed by atoms with Crippen molar-refractivity contribution >= 4 is 16.1 Å². The number of aliphatic hydroxyl groups excluding tert-OH is 1. The van der Waals surface area contributed by atoms with Crippen LogP contribution in [0.1, 0.15) is 36.6 Å². The number of halogens is 3. The van der Waals surface area contributed by atoms with Gasteiger partial charge in [-0.3, -0.25) is 4.98 Å². The largest absolute Gasteiger partial charge is 0.386 e. The predicted octanol–water partition coefficient (Wildman–Crippen LogP) is 4.22. The third-order valence-corrected chi connectivity index (χ3v) is 9.58. The van der Waals surface area contributed by atoms with Gasteiger partial charge in [0.15, 0.2) is 0 Å². The van der Waals surface area contributed by atoms with Crippen molar-refractivity contribution in [3.8, 4) is 5.69 Å². The Balaban J connectivity index is 1.41. The number of alkyl halides is 2. The van der Waals surface area contributed by atoms with E-state index in [2.05, 4.69) is 23.1 Å². The lowest BCUT2D eigenvalue weighted by molar-refractivity contribution is -0.0150. The van der Waals surface area contributed by atoms with Crippen LogP contribution in [0.4, 0.5) is 13.2 Å². The smallest absolute Gasteiger partial charge is 0.265 e. The Hall–Kier alpha value is -3.02. The molecule has 0 saturated heterocycles. The van der Waals surface area contributed by atoms with Gasteiger partial charge in [0.2, 0.25) is 10.0 Å². The van der Waals surface area contributed by atoms with E-state index >= 15 is 0 Å². The van der Waals surface area contributed by atoms with Crippen LogP contribution in [0.15, 0.2) is 60.6 Å². The maximum absolute atomic E-state index is 13.4. The zero-order chi connectivity index (χ0) is 27.1. The lowest BCUT2D eigenvalue weighted by Gasteiger charge is -2.38. The maximum Gasteiger partial charge on any atom is 0.265 e. The Morgan fingerprint density at radius 1 is 1.21 bits per heavy atom. The quantitative estimate of drug-likeness (QED) is 0.434. The Morgan fingerprint density at radius 2 is 1.97 bits per heavy atom. The van der Waals surface area contributed by atoms with Crippen molar-refractivity contribution in [2.45, 2.75) is 44.5 Å². The SMILES string of the molecule is C[C@]12Cc3cnn(-c4ccc(F)cc4)c3C=C1CC[C@@H]2CN(CC(O)C(F)F)S(=O)(=O)Cc1cccnc1. The molecule has 2 aromatic heterocycles. The average Bonchev–Trinajstić information content (AvgIpc) is 3.42. The zero-order valence-electron chi connectivity index (χ0n) is 20.8. The second-order valence-corrected chi connectivity index (χ2v) is 12.2. The fourth-order valence-corrected chi connectivity index (χ4v) is 7.20. The van der Waals surface area contributed by atoms with E-state index in [0.717, 1.165) is 33.2 Å². The number of sulfonamides is 1. The molecule has 2 heterocycles. The van der Waals surface area contributed by atoms with Gasteiger partial charge < -0.3 is 5.11 Å². The highest BCUT2D eigenvalue weighted by Gasteiger charge is 2.47. The van der Waals surface area contributed by atoms with Gasteiger partial charge in [-0.1, -0.05) is 18.6 Å². The molecule has 1 aromatic carbocycles. The summed E-state index contributed by atoms with van der Waals surface area (Å²) in [6.45, 7) is 1.41. The molecule has 38 heavy (non-hydrogen) atoms. The molecular weight excluding hydrogens is 517 g/mol. The molecule has 1 N–H and O–H groups in total. The second kappa shape index (κ2) is 10.3. The number of allylic oxidation sites excluding steroid dienone is 1. The molecule has 5 rings (SSSR count). The average molecular weight is 547 g/mol. The summed E-state index contributed by atoms with van der Waals surface area (Å²) in [5.41, 5.74) is 3.79. The van der Waals surface area contributed by atoms with Gasteiger partial charge in [0.25, 0.3) is 6.43 Å². The monoisotopic (exact) mass is 546 g/mol. The van der Waals surface area contributed by atoms with E-state index in [1.54, 1.807) is 35.1 Å². The van der Waals surface area contributed by atoms with Gasteiger partial charge in [0, 0.05) is 25.5 Å². The third-order valence-electron chi connectivity index (χ3n) is 7.79. The minimum atomic E-state index is -4.02. The van der Waals surface area contributed by atoms with Gasteiger partial charge in [-0.2, -0.15) is 9.40 Å². The van der Waals surface area contributed by atoms with Gasteiger partial charge in [-0.25, -0.2) is 26.3 Å². The van der Waals surface area contributed by atoms with Crippen molar-refractivity contribution in [1.29, 1.82) is 0 Å². The van der Waals surface area contributed by atoms with Crippen molar-refractivity contribution in [2.24, 2.45) is 11.3 Å². The van der Waals surface area contributed by atoms with E-state index in [9.17, 15) is 26.7 Å². The van der Waals surface area contributed by atoms with Crippen LogP contribution in [0, 0.1) is 17.2 Å². The standard InChI is InChI=1S/C27H29F3N4O3S/c1-27-12-19-14-32-34(23-8-6-22(28)7-9-23)24(19)11-20(27)4-5-21(27)15-33(16-25(35)26(29)30)38(36,37)17-18-3-2-10-31-13-18/h2-3,6-11,13-14,21,25-26,35H,4-5,12,15-17H2,1H3/t21-,25?,27+/m1/s1. The molecule has 3 aromatic rings. The molecule has 1 fully saturated rings. The number of aliphatic hydroxyl groups is 1. The zero-order valence-corrected chi connectivity index (χ0v) is 21.7. The summed E-state index contributed by atoms with van der Waals surface area (Å²) in [5.74, 6) is -0.874. The van der Waals surface area contributed by atoms with Crippen LogP contribution in [-0.4, -0.2) is 58.2 Å². The van der Waals surface area contributed by atoms with E-state index in [4.69, 9.17) is 0 Å². The first-order chi connectivity index (χ1) is 18.1. The first-order valence-electron chi connectivity index (χ1n) is 12.4. The molecule has 0 bridgehead atoms. The summed E-state index contributed by atoms with van der Waals surface area (Å²) >= 11 is 0. The third kappa shape index (κ3) is 5.14. The number of pyridine rings is 1. The second-order valence-electron chi connectivity index (χ2n) is 10.3. The molecular formula is C27H29F3N4O3S. The summed E-state index contributed by atoms with van der Waals surface area (Å²) in [7, 11) is -4.02.